The molecule has 0 aliphatic rings. The second-order valence-corrected chi connectivity index (χ2v) is 5.69. The molecule has 112 valence electrons. The minimum absolute atomic E-state index is 0.0921. The molecular weight excluding hydrogens is 320 g/mol. The molecule has 2 unspecified atom stereocenters. The van der Waals surface area contributed by atoms with Crippen molar-refractivity contribution in [3.8, 4) is 5.75 Å². The molecule has 1 aromatic rings. The van der Waals surface area contributed by atoms with Gasteiger partial charge < -0.3 is 15.4 Å². The number of benzene rings is 1. The largest absolute Gasteiger partial charge is 0.479 e. The number of ether oxygens (including phenoxy) is 1. The van der Waals surface area contributed by atoms with Crippen LogP contribution in [0.15, 0.2) is 22.7 Å². The van der Waals surface area contributed by atoms with Crippen LogP contribution in [-0.4, -0.2) is 25.1 Å². The van der Waals surface area contributed by atoms with Crippen molar-refractivity contribution in [3.63, 3.8) is 0 Å². The Hall–Kier alpha value is -1.07. The fourth-order valence-electron chi connectivity index (χ4n) is 1.71. The van der Waals surface area contributed by atoms with Gasteiger partial charge in [-0.3, -0.25) is 4.79 Å². The quantitative estimate of drug-likeness (QED) is 0.800. The Morgan fingerprint density at radius 1 is 1.40 bits per heavy atom. The first-order valence-electron chi connectivity index (χ1n) is 6.88. The predicted octanol–water partition coefficient (Wildman–Crippen LogP) is 2.85. The monoisotopic (exact) mass is 342 g/mol. The molecule has 0 saturated heterocycles. The summed E-state index contributed by atoms with van der Waals surface area (Å²) in [7, 11) is 1.88. The fourth-order valence-corrected chi connectivity index (χ4v) is 2.21. The standard InChI is InChI=1S/C15H23BrN2O2/c1-5-10(2)18-15(19)11(3)20-14-12(9-17-4)7-6-8-13(14)16/h6-8,10-11,17H,5,9H2,1-4H3,(H,18,19). The Kier molecular flexibility index (Phi) is 7.02. The topological polar surface area (TPSA) is 50.4 Å². The zero-order chi connectivity index (χ0) is 15.1. The van der Waals surface area contributed by atoms with Gasteiger partial charge in [-0.1, -0.05) is 19.1 Å². The van der Waals surface area contributed by atoms with Gasteiger partial charge in [0.2, 0.25) is 0 Å². The van der Waals surface area contributed by atoms with E-state index in [9.17, 15) is 4.79 Å². The summed E-state index contributed by atoms with van der Waals surface area (Å²) in [6, 6.07) is 6.00. The number of halogens is 1. The molecular formula is C15H23BrN2O2. The van der Waals surface area contributed by atoms with Crippen molar-refractivity contribution in [1.82, 2.24) is 10.6 Å². The average molecular weight is 343 g/mol. The predicted molar refractivity (Wildman–Crippen MR) is 84.9 cm³/mol. The summed E-state index contributed by atoms with van der Waals surface area (Å²) < 4.78 is 6.69. The van der Waals surface area contributed by atoms with Crippen LogP contribution in [0.2, 0.25) is 0 Å². The summed E-state index contributed by atoms with van der Waals surface area (Å²) in [4.78, 5) is 12.0. The summed E-state index contributed by atoms with van der Waals surface area (Å²) in [5, 5.41) is 6.02. The molecule has 0 radical (unpaired) electrons. The zero-order valence-electron chi connectivity index (χ0n) is 12.5. The van der Waals surface area contributed by atoms with Crippen LogP contribution in [0.5, 0.6) is 5.75 Å². The molecule has 4 nitrogen and oxygen atoms in total. The second kappa shape index (κ2) is 8.27. The Balaban J connectivity index is 2.79. The van der Waals surface area contributed by atoms with Gasteiger partial charge in [-0.2, -0.15) is 0 Å². The maximum absolute atomic E-state index is 12.0. The van der Waals surface area contributed by atoms with E-state index in [4.69, 9.17) is 4.74 Å². The van der Waals surface area contributed by atoms with Gasteiger partial charge in [-0.05, 0) is 49.3 Å². The van der Waals surface area contributed by atoms with Crippen LogP contribution in [0.25, 0.3) is 0 Å². The number of carbonyl (C=O) groups excluding carboxylic acids is 1. The second-order valence-electron chi connectivity index (χ2n) is 4.84. The summed E-state index contributed by atoms with van der Waals surface area (Å²) in [6.07, 6.45) is 0.372. The van der Waals surface area contributed by atoms with E-state index in [0.717, 1.165) is 16.5 Å². The molecule has 0 spiro atoms. The lowest BCUT2D eigenvalue weighted by molar-refractivity contribution is -0.127. The highest BCUT2D eigenvalue weighted by Crippen LogP contribution is 2.30. The third kappa shape index (κ3) is 4.80. The number of carbonyl (C=O) groups is 1. The minimum atomic E-state index is -0.529. The van der Waals surface area contributed by atoms with Crippen LogP contribution in [0, 0.1) is 0 Å². The van der Waals surface area contributed by atoms with Crippen LogP contribution in [-0.2, 0) is 11.3 Å². The van der Waals surface area contributed by atoms with E-state index in [1.54, 1.807) is 6.92 Å². The van der Waals surface area contributed by atoms with Gasteiger partial charge in [0.05, 0.1) is 4.47 Å². The third-order valence-electron chi connectivity index (χ3n) is 3.08. The Bertz CT molecular complexity index is 451. The zero-order valence-corrected chi connectivity index (χ0v) is 14.1. The number of hydrogen-bond acceptors (Lipinski definition) is 3. The molecule has 0 heterocycles. The van der Waals surface area contributed by atoms with Gasteiger partial charge in [-0.15, -0.1) is 0 Å². The first kappa shape index (κ1) is 17.0. The average Bonchev–Trinajstić information content (AvgIpc) is 2.42. The molecule has 1 aromatic carbocycles. The molecule has 20 heavy (non-hydrogen) atoms. The lowest BCUT2D eigenvalue weighted by atomic mass is 10.2. The third-order valence-corrected chi connectivity index (χ3v) is 3.71. The van der Waals surface area contributed by atoms with Crippen molar-refractivity contribution in [2.24, 2.45) is 0 Å². The number of nitrogens with one attached hydrogen (secondary N) is 2. The maximum Gasteiger partial charge on any atom is 0.260 e. The number of rotatable bonds is 7. The summed E-state index contributed by atoms with van der Waals surface area (Å²) in [5.41, 5.74) is 1.02. The van der Waals surface area contributed by atoms with Crippen LogP contribution in [0.4, 0.5) is 0 Å². The fraction of sp³-hybridized carbons (Fsp3) is 0.533. The van der Waals surface area contributed by atoms with E-state index in [-0.39, 0.29) is 11.9 Å². The first-order chi connectivity index (χ1) is 9.49. The molecule has 0 bridgehead atoms. The summed E-state index contributed by atoms with van der Waals surface area (Å²) in [5.74, 6) is 0.624. The van der Waals surface area contributed by atoms with Gasteiger partial charge in [0.25, 0.3) is 5.91 Å². The van der Waals surface area contributed by atoms with E-state index < -0.39 is 6.10 Å². The molecule has 5 heteroatoms. The first-order valence-corrected chi connectivity index (χ1v) is 7.67. The van der Waals surface area contributed by atoms with E-state index in [0.29, 0.717) is 12.3 Å². The van der Waals surface area contributed by atoms with Crippen molar-refractivity contribution < 1.29 is 9.53 Å². The minimum Gasteiger partial charge on any atom is -0.479 e. The van der Waals surface area contributed by atoms with Gasteiger partial charge >= 0.3 is 0 Å². The molecule has 1 amide bonds. The SMILES string of the molecule is CCC(C)NC(=O)C(C)Oc1c(Br)cccc1CNC. The highest BCUT2D eigenvalue weighted by atomic mass is 79.9. The van der Waals surface area contributed by atoms with Gasteiger partial charge in [0, 0.05) is 18.2 Å². The molecule has 0 aromatic heterocycles. The molecule has 2 N–H and O–H groups in total. The maximum atomic E-state index is 12.0. The van der Waals surface area contributed by atoms with Crippen LogP contribution >= 0.6 is 15.9 Å². The van der Waals surface area contributed by atoms with Crippen molar-refractivity contribution in [2.75, 3.05) is 7.05 Å². The van der Waals surface area contributed by atoms with Gasteiger partial charge in [0.1, 0.15) is 5.75 Å². The summed E-state index contributed by atoms with van der Waals surface area (Å²) in [6.45, 7) is 6.47. The molecule has 0 aliphatic carbocycles. The van der Waals surface area contributed by atoms with E-state index in [1.165, 1.54) is 0 Å². The van der Waals surface area contributed by atoms with Crippen molar-refractivity contribution in [2.45, 2.75) is 45.9 Å². The molecule has 0 aliphatic heterocycles. The Labute approximate surface area is 129 Å². The number of hydrogen-bond donors (Lipinski definition) is 2. The molecule has 0 saturated carbocycles. The number of amides is 1. The van der Waals surface area contributed by atoms with Crippen LogP contribution in [0.1, 0.15) is 32.8 Å². The van der Waals surface area contributed by atoms with Crippen molar-refractivity contribution in [1.29, 1.82) is 0 Å². The van der Waals surface area contributed by atoms with Gasteiger partial charge in [-0.25, -0.2) is 0 Å². The van der Waals surface area contributed by atoms with Gasteiger partial charge in [0.15, 0.2) is 6.10 Å². The van der Waals surface area contributed by atoms with E-state index >= 15 is 0 Å². The van der Waals surface area contributed by atoms with E-state index in [2.05, 4.69) is 26.6 Å². The van der Waals surface area contributed by atoms with Crippen LogP contribution < -0.4 is 15.4 Å². The summed E-state index contributed by atoms with van der Waals surface area (Å²) >= 11 is 3.47. The van der Waals surface area contributed by atoms with E-state index in [1.807, 2.05) is 39.1 Å². The normalized spacial score (nSPS) is 13.7. The lowest BCUT2D eigenvalue weighted by Gasteiger charge is -2.20. The Morgan fingerprint density at radius 2 is 2.10 bits per heavy atom. The van der Waals surface area contributed by atoms with Crippen molar-refractivity contribution in [3.05, 3.63) is 28.2 Å². The molecule has 1 rings (SSSR count). The lowest BCUT2D eigenvalue weighted by Crippen LogP contribution is -2.41. The van der Waals surface area contributed by atoms with Crippen LogP contribution in [0.3, 0.4) is 0 Å². The van der Waals surface area contributed by atoms with Crippen molar-refractivity contribution >= 4 is 21.8 Å². The highest BCUT2D eigenvalue weighted by Gasteiger charge is 2.19. The molecule has 2 atom stereocenters. The highest BCUT2D eigenvalue weighted by molar-refractivity contribution is 9.10. The smallest absolute Gasteiger partial charge is 0.260 e. The Morgan fingerprint density at radius 3 is 2.70 bits per heavy atom. The molecule has 0 fully saturated rings. The number of para-hydroxylation sites is 1.